The molecular weight excluding hydrogens is 608 g/mol. The van der Waals surface area contributed by atoms with Gasteiger partial charge in [0, 0.05) is 66.9 Å². The maximum absolute atomic E-state index is 14.8. The summed E-state index contributed by atoms with van der Waals surface area (Å²) < 4.78 is 44.0. The number of hydrogen-bond acceptors (Lipinski definition) is 5. The largest absolute Gasteiger partial charge is 0.385 e. The summed E-state index contributed by atoms with van der Waals surface area (Å²) >= 11 is 1.97. The van der Waals surface area contributed by atoms with Gasteiger partial charge in [-0.05, 0) is 65.5 Å². The van der Waals surface area contributed by atoms with Crippen LogP contribution in [0.1, 0.15) is 35.3 Å². The molecule has 208 valence electrons. The molecule has 0 aliphatic carbocycles. The molecule has 2 aromatic rings. The zero-order valence-electron chi connectivity index (χ0n) is 22.0. The summed E-state index contributed by atoms with van der Waals surface area (Å²) in [5, 5.41) is 11.1. The van der Waals surface area contributed by atoms with Gasteiger partial charge >= 0.3 is 0 Å². The Balaban J connectivity index is 1.34. The summed E-state index contributed by atoms with van der Waals surface area (Å²) in [4.78, 5) is 21.8. The number of β-amino-alcohol motifs (C(OH)–C–C–N with tert-alkyl or cyclic N) is 1. The van der Waals surface area contributed by atoms with Crippen molar-refractivity contribution in [3.8, 4) is 0 Å². The Kier molecular flexibility index (Phi) is 9.72. The van der Waals surface area contributed by atoms with Gasteiger partial charge in [0.1, 0.15) is 11.4 Å². The third-order valence-corrected chi connectivity index (χ3v) is 8.35. The number of carbonyl (C=O) groups excluding carboxylic acids is 1. The lowest BCUT2D eigenvalue weighted by atomic mass is 9.90. The van der Waals surface area contributed by atoms with Gasteiger partial charge in [0.25, 0.3) is 5.91 Å². The molecule has 0 atom stereocenters. The first-order valence-electron chi connectivity index (χ1n) is 13.2. The van der Waals surface area contributed by atoms with Crippen molar-refractivity contribution in [2.24, 2.45) is 0 Å². The predicted molar refractivity (Wildman–Crippen MR) is 150 cm³/mol. The van der Waals surface area contributed by atoms with E-state index < -0.39 is 29.0 Å². The molecule has 1 N–H and O–H groups in total. The van der Waals surface area contributed by atoms with Gasteiger partial charge in [-0.3, -0.25) is 14.6 Å². The average Bonchev–Trinajstić information content (AvgIpc) is 2.88. The van der Waals surface area contributed by atoms with E-state index in [0.717, 1.165) is 58.4 Å². The smallest absolute Gasteiger partial charge is 0.254 e. The second-order valence-corrected chi connectivity index (χ2v) is 11.6. The van der Waals surface area contributed by atoms with Gasteiger partial charge in [0.05, 0.1) is 13.1 Å². The lowest BCUT2D eigenvalue weighted by molar-refractivity contribution is -0.102. The highest BCUT2D eigenvalue weighted by molar-refractivity contribution is 14.1. The van der Waals surface area contributed by atoms with Crippen molar-refractivity contribution in [3.63, 3.8) is 0 Å². The van der Waals surface area contributed by atoms with Crippen LogP contribution in [0.2, 0.25) is 0 Å². The van der Waals surface area contributed by atoms with E-state index in [9.17, 15) is 23.1 Å². The molecule has 2 aliphatic rings. The number of hydrogen-bond donors (Lipinski definition) is 1. The zero-order valence-corrected chi connectivity index (χ0v) is 24.2. The van der Waals surface area contributed by atoms with Crippen LogP contribution in [0.4, 0.5) is 13.2 Å². The Hall–Kier alpha value is -1.73. The molecular formula is C28H36F3IN4O2. The molecule has 0 radical (unpaired) electrons. The minimum Gasteiger partial charge on any atom is -0.385 e. The number of carbonyl (C=O) groups is 1. The van der Waals surface area contributed by atoms with E-state index in [1.54, 1.807) is 6.07 Å². The lowest BCUT2D eigenvalue weighted by Gasteiger charge is -2.49. The molecule has 0 spiro atoms. The number of benzene rings is 2. The van der Waals surface area contributed by atoms with Crippen LogP contribution in [0.25, 0.3) is 0 Å². The fourth-order valence-electron chi connectivity index (χ4n) is 5.31. The van der Waals surface area contributed by atoms with Gasteiger partial charge in [-0.25, -0.2) is 13.2 Å². The third-order valence-electron chi connectivity index (χ3n) is 7.68. The van der Waals surface area contributed by atoms with Crippen molar-refractivity contribution in [2.45, 2.75) is 25.9 Å². The highest BCUT2D eigenvalue weighted by Gasteiger charge is 2.45. The second-order valence-electron chi connectivity index (χ2n) is 10.3. The second kappa shape index (κ2) is 12.6. The van der Waals surface area contributed by atoms with Crippen LogP contribution in [-0.2, 0) is 6.42 Å². The summed E-state index contributed by atoms with van der Waals surface area (Å²) in [7, 11) is 0. The molecule has 4 rings (SSSR count). The minimum absolute atomic E-state index is 0.00860. The number of rotatable bonds is 10. The number of likely N-dealkylation sites (N-methyl/N-ethyl adjacent to an activating group) is 1. The maximum Gasteiger partial charge on any atom is 0.254 e. The van der Waals surface area contributed by atoms with E-state index >= 15 is 0 Å². The minimum atomic E-state index is -1.15. The first-order chi connectivity index (χ1) is 18.1. The van der Waals surface area contributed by atoms with Crippen LogP contribution in [0.15, 0.2) is 30.3 Å². The van der Waals surface area contributed by atoms with Crippen LogP contribution < -0.4 is 0 Å². The van der Waals surface area contributed by atoms with E-state index in [1.165, 1.54) is 23.1 Å². The number of amides is 1. The Morgan fingerprint density at radius 2 is 1.66 bits per heavy atom. The van der Waals surface area contributed by atoms with Gasteiger partial charge < -0.3 is 14.9 Å². The van der Waals surface area contributed by atoms with Crippen molar-refractivity contribution in [1.29, 1.82) is 0 Å². The SMILES string of the molecule is CCN(CC)CCN1CCN(CC2(O)CN(C(=O)c3ccc(F)c(F)c3Cc3ccc(I)cc3F)C2)CC1. The first-order valence-corrected chi connectivity index (χ1v) is 14.3. The molecule has 38 heavy (non-hydrogen) atoms. The number of nitrogens with zero attached hydrogens (tertiary/aromatic N) is 4. The Morgan fingerprint density at radius 3 is 2.29 bits per heavy atom. The van der Waals surface area contributed by atoms with Gasteiger partial charge in [0.15, 0.2) is 11.6 Å². The van der Waals surface area contributed by atoms with Crippen LogP contribution in [0, 0.1) is 21.0 Å². The number of likely N-dealkylation sites (tertiary alicyclic amines) is 1. The topological polar surface area (TPSA) is 50.3 Å². The van der Waals surface area contributed by atoms with Crippen LogP contribution in [0.3, 0.4) is 0 Å². The number of aliphatic hydroxyl groups is 1. The summed E-state index contributed by atoms with van der Waals surface area (Å²) in [5.74, 6) is -3.26. The van der Waals surface area contributed by atoms with Crippen molar-refractivity contribution in [3.05, 3.63) is 68.0 Å². The average molecular weight is 645 g/mol. The molecule has 2 heterocycles. The normalized spacial score (nSPS) is 18.2. The summed E-state index contributed by atoms with van der Waals surface area (Å²) in [5.41, 5.74) is -1.04. The Labute approximate surface area is 236 Å². The quantitative estimate of drug-likeness (QED) is 0.402. The summed E-state index contributed by atoms with van der Waals surface area (Å²) in [6.45, 7) is 12.8. The molecule has 2 saturated heterocycles. The van der Waals surface area contributed by atoms with Crippen LogP contribution in [0.5, 0.6) is 0 Å². The third kappa shape index (κ3) is 6.88. The number of piperazine rings is 1. The van der Waals surface area contributed by atoms with Crippen molar-refractivity contribution >= 4 is 28.5 Å². The van der Waals surface area contributed by atoms with Crippen LogP contribution >= 0.6 is 22.6 Å². The fraction of sp³-hybridized carbons (Fsp3) is 0.536. The Bertz CT molecular complexity index is 1130. The summed E-state index contributed by atoms with van der Waals surface area (Å²) in [6, 6.07) is 6.67. The van der Waals surface area contributed by atoms with Gasteiger partial charge in [-0.15, -0.1) is 0 Å². The zero-order chi connectivity index (χ0) is 27.4. The molecule has 6 nitrogen and oxygen atoms in total. The van der Waals surface area contributed by atoms with E-state index in [1.807, 2.05) is 22.6 Å². The molecule has 2 aromatic carbocycles. The molecule has 0 saturated carbocycles. The molecule has 0 unspecified atom stereocenters. The number of halogens is 4. The lowest BCUT2D eigenvalue weighted by Crippen LogP contribution is -2.68. The summed E-state index contributed by atoms with van der Waals surface area (Å²) in [6.07, 6.45) is -0.246. The Morgan fingerprint density at radius 1 is 1.00 bits per heavy atom. The molecule has 10 heteroatoms. The van der Waals surface area contributed by atoms with E-state index in [4.69, 9.17) is 0 Å². The van der Waals surface area contributed by atoms with E-state index in [0.29, 0.717) is 10.1 Å². The first kappa shape index (κ1) is 29.3. The van der Waals surface area contributed by atoms with Gasteiger partial charge in [0.2, 0.25) is 0 Å². The highest BCUT2D eigenvalue weighted by atomic mass is 127. The molecule has 0 bridgehead atoms. The molecule has 1 amide bonds. The van der Waals surface area contributed by atoms with Gasteiger partial charge in [-0.1, -0.05) is 19.9 Å². The van der Waals surface area contributed by atoms with E-state index in [2.05, 4.69) is 28.5 Å². The molecule has 2 fully saturated rings. The monoisotopic (exact) mass is 644 g/mol. The molecule has 0 aromatic heterocycles. The standard InChI is InChI=1S/C28H36F3IN4O2/c1-3-33(4-2)9-10-34-11-13-35(14-12-34)17-28(38)18-36(19-28)27(37)22-7-8-24(29)26(31)23(22)15-20-5-6-21(32)16-25(20)30/h5-8,16,38H,3-4,9-15,17-19H2,1-2H3. The van der Waals surface area contributed by atoms with Gasteiger partial charge in [-0.2, -0.15) is 0 Å². The maximum atomic E-state index is 14.8. The van der Waals surface area contributed by atoms with Crippen molar-refractivity contribution in [1.82, 2.24) is 19.6 Å². The van der Waals surface area contributed by atoms with Crippen LogP contribution in [-0.4, -0.2) is 108 Å². The highest BCUT2D eigenvalue weighted by Crippen LogP contribution is 2.29. The fourth-order valence-corrected chi connectivity index (χ4v) is 5.76. The molecule has 2 aliphatic heterocycles. The predicted octanol–water partition coefficient (Wildman–Crippen LogP) is 3.45. The van der Waals surface area contributed by atoms with Crippen molar-refractivity contribution < 1.29 is 23.1 Å². The van der Waals surface area contributed by atoms with Crippen molar-refractivity contribution in [2.75, 3.05) is 72.0 Å². The van der Waals surface area contributed by atoms with E-state index in [-0.39, 0.29) is 36.2 Å².